The Kier molecular flexibility index (Phi) is 26.6. The van der Waals surface area contributed by atoms with E-state index in [0.29, 0.717) is 40.4 Å². The van der Waals surface area contributed by atoms with Gasteiger partial charge in [-0.25, -0.2) is 0 Å². The third-order valence-corrected chi connectivity index (χ3v) is 27.9. The standard InChI is InChI=1S/C26H37N7O.2C24H33N7O.C23H31N7O/c1-18(2)22-16-23-29-24(32-14-8-12-26(17-32)11-5-6-13-27-26)30-25(33(23)31-22)28-19(3)20-9-7-10-21(15-20)34-4;1-16(2)20-14-26-31-21(20)28-22(30-12-10-24(30)9-6-11-25-15-24)29-23(31)27-17(3)18-7-5-8-19(13-18)32-4;1-16(2)20-13-26-31-21(20)28-22(30-11-9-24(15-30)8-10-25-14-24)29-23(31)27-17(3)18-6-5-7-19(12-18)32-4;1-15(2)19-11-25-30-20(19)27-21(29-13-23(14-29)8-9-24-12-23)28-22(30)26-16(3)17-6-5-7-18(10-17)31-4/h7,9-10,15-16,18-19,27H,5-6,8,11-14,17H2,1-4H3,(H,28,29,30);5,7-8,13-14,16-17,25H,6,9-12,15H2,1-4H3,(H,27,28,29);5-7,12-13,16-17,25H,8-11,14-15H2,1-4H3,(H,27,28,29);5-7,10-11,15-16,24H,8-9,12-14H2,1-4H3,(H,26,27,28)/t19-,26?;2*17-,24?;16-/m0000/s1. The molecule has 8 N–H and O–H groups in total. The highest BCUT2D eigenvalue weighted by Crippen LogP contribution is 2.44. The summed E-state index contributed by atoms with van der Waals surface area (Å²) in [5.74, 6) is 10.8. The predicted molar refractivity (Wildman–Crippen MR) is 511 cm³/mol. The molecule has 129 heavy (non-hydrogen) atoms. The molecule has 0 radical (unpaired) electrons. The summed E-state index contributed by atoms with van der Waals surface area (Å²) in [4.78, 5) is 49.3. The van der Waals surface area contributed by atoms with Crippen LogP contribution in [-0.2, 0) is 0 Å². The quantitative estimate of drug-likeness (QED) is 0.0279. The van der Waals surface area contributed by atoms with Gasteiger partial charge in [0, 0.05) is 105 Å². The maximum absolute atomic E-state index is 5.42. The van der Waals surface area contributed by atoms with Crippen LogP contribution < -0.4 is 81.1 Å². The number of aromatic nitrogens is 16. The number of hydrogen-bond donors (Lipinski definition) is 8. The van der Waals surface area contributed by atoms with Gasteiger partial charge in [-0.2, -0.15) is 78.3 Å². The number of piperidine rings is 3. The van der Waals surface area contributed by atoms with Crippen molar-refractivity contribution in [2.24, 2.45) is 10.8 Å². The van der Waals surface area contributed by atoms with Gasteiger partial charge in [0.25, 0.3) is 0 Å². The summed E-state index contributed by atoms with van der Waals surface area (Å²) < 4.78 is 29.0. The van der Waals surface area contributed by atoms with E-state index in [2.05, 4.69) is 209 Å². The molecule has 3 unspecified atom stereocenters. The van der Waals surface area contributed by atoms with E-state index in [1.54, 1.807) is 28.4 Å². The van der Waals surface area contributed by atoms with Crippen molar-refractivity contribution in [2.45, 2.75) is 213 Å². The first-order chi connectivity index (χ1) is 62.4. The number of benzene rings is 4. The molecule has 8 aromatic heterocycles. The summed E-state index contributed by atoms with van der Waals surface area (Å²) in [7, 11) is 6.77. The molecule has 4 aromatic carbocycles. The van der Waals surface area contributed by atoms with Crippen LogP contribution in [0.3, 0.4) is 0 Å². The number of hydrogen-bond acceptors (Lipinski definition) is 28. The number of fused-ring (bicyclic) bond motifs is 4. The number of methoxy groups -OCH3 is 4. The fourth-order valence-corrected chi connectivity index (χ4v) is 19.9. The maximum atomic E-state index is 5.42. The van der Waals surface area contributed by atoms with Gasteiger partial charge < -0.3 is 81.1 Å². The van der Waals surface area contributed by atoms with Gasteiger partial charge in [0.1, 0.15) is 23.0 Å². The number of nitrogens with zero attached hydrogens (tertiary/aromatic N) is 20. The second kappa shape index (κ2) is 38.3. The molecule has 0 amide bonds. The minimum absolute atomic E-state index is 0.0282. The lowest BCUT2D eigenvalue weighted by Gasteiger charge is -2.55. The molecule has 20 rings (SSSR count). The molecule has 8 aliphatic heterocycles. The highest BCUT2D eigenvalue weighted by molar-refractivity contribution is 5.62. The van der Waals surface area contributed by atoms with Gasteiger partial charge >= 0.3 is 0 Å². The first-order valence-corrected chi connectivity index (χ1v) is 47.0. The van der Waals surface area contributed by atoms with Crippen molar-refractivity contribution in [3.63, 3.8) is 0 Å². The van der Waals surface area contributed by atoms with Crippen molar-refractivity contribution in [3.8, 4) is 23.0 Å². The summed E-state index contributed by atoms with van der Waals surface area (Å²) in [5, 5.41) is 47.5. The van der Waals surface area contributed by atoms with Gasteiger partial charge in [-0.1, -0.05) is 110 Å². The molecule has 686 valence electrons. The first kappa shape index (κ1) is 89.5. The number of rotatable bonds is 24. The lowest BCUT2D eigenvalue weighted by Crippen LogP contribution is -2.67. The van der Waals surface area contributed by atoms with Gasteiger partial charge in [-0.15, -0.1) is 0 Å². The van der Waals surface area contributed by atoms with Crippen LogP contribution in [0.2, 0.25) is 0 Å². The number of ether oxygens (including phenoxy) is 4. The predicted octanol–water partition coefficient (Wildman–Crippen LogP) is 15.2. The Bertz CT molecular complexity index is 5820. The minimum Gasteiger partial charge on any atom is -0.497 e. The monoisotopic (exact) mass is 1760 g/mol. The molecular weight excluding hydrogens is 1620 g/mol. The van der Waals surface area contributed by atoms with E-state index >= 15 is 0 Å². The first-order valence-electron chi connectivity index (χ1n) is 47.0. The summed E-state index contributed by atoms with van der Waals surface area (Å²) in [6, 6.07) is 34.7. The Morgan fingerprint density at radius 1 is 0.357 bits per heavy atom. The summed E-state index contributed by atoms with van der Waals surface area (Å²) in [6.45, 7) is 40.5. The van der Waals surface area contributed by atoms with Gasteiger partial charge in [-0.3, -0.25) is 0 Å². The average molecular weight is 1760 g/mol. The van der Waals surface area contributed by atoms with Gasteiger partial charge in [-0.05, 0) is 213 Å². The smallest absolute Gasteiger partial charge is 0.231 e. The Hall–Kier alpha value is -11.5. The SMILES string of the molecule is COc1cccc([C@H](C)Nc2nc(N3CC4(CCNC4)C3)nc3c(C(C)C)cnn23)c1.COc1cccc([C@H](C)Nc2nc(N3CCC34CCCNC4)nc3c(C(C)C)cnn23)c1.COc1cccc([C@H](C)Nc2nc(N3CCC4(CCNC4)C3)nc3c(C(C)C)cnn23)c1.COc1cccc([C@H](C)Nc2nc(N3CCCC4(CCCCN4)C3)nc3cc(C(C)C)nn23)c1. The Morgan fingerprint density at radius 3 is 1.20 bits per heavy atom. The topological polar surface area (TPSA) is 318 Å². The zero-order valence-corrected chi connectivity index (χ0v) is 78.4. The molecule has 0 aliphatic carbocycles. The van der Waals surface area contributed by atoms with Crippen LogP contribution in [0.25, 0.3) is 22.6 Å². The molecule has 0 bridgehead atoms. The van der Waals surface area contributed by atoms with Crippen molar-refractivity contribution < 1.29 is 18.9 Å². The van der Waals surface area contributed by atoms with Crippen LogP contribution in [0.5, 0.6) is 23.0 Å². The molecule has 32 heteroatoms. The highest BCUT2D eigenvalue weighted by Gasteiger charge is 2.49. The fraction of sp³-hybridized carbons (Fsp3) is 0.546. The molecule has 16 heterocycles. The minimum atomic E-state index is 0.0282. The van der Waals surface area contributed by atoms with Crippen LogP contribution in [0.1, 0.15) is 246 Å². The van der Waals surface area contributed by atoms with E-state index in [9.17, 15) is 0 Å². The Labute approximate surface area is 758 Å². The molecule has 4 spiro atoms. The second-order valence-corrected chi connectivity index (χ2v) is 38.4. The van der Waals surface area contributed by atoms with Gasteiger partial charge in [0.15, 0.2) is 22.6 Å². The largest absolute Gasteiger partial charge is 0.497 e. The fourth-order valence-electron chi connectivity index (χ4n) is 19.9. The van der Waals surface area contributed by atoms with Crippen molar-refractivity contribution in [2.75, 3.05) is 161 Å². The zero-order chi connectivity index (χ0) is 89.9. The Balaban J connectivity index is 0.000000121. The van der Waals surface area contributed by atoms with Gasteiger partial charge in [0.05, 0.1) is 82.4 Å². The summed E-state index contributed by atoms with van der Waals surface area (Å²) in [6.07, 6.45) is 19.2. The second-order valence-electron chi connectivity index (χ2n) is 38.4. The molecule has 0 saturated carbocycles. The molecule has 7 atom stereocenters. The lowest BCUT2D eigenvalue weighted by atomic mass is 9.79. The lowest BCUT2D eigenvalue weighted by molar-refractivity contribution is 0.208. The van der Waals surface area contributed by atoms with E-state index < -0.39 is 0 Å². The molecule has 12 aromatic rings. The average Bonchev–Trinajstić information content (AvgIpc) is 1.61. The number of nitrogens with one attached hydrogen (secondary N) is 8. The van der Waals surface area contributed by atoms with Crippen molar-refractivity contribution >= 4 is 70.2 Å². The third kappa shape index (κ3) is 19.1. The van der Waals surface area contributed by atoms with Crippen molar-refractivity contribution in [1.29, 1.82) is 0 Å². The van der Waals surface area contributed by atoms with Crippen LogP contribution in [0.15, 0.2) is 122 Å². The van der Waals surface area contributed by atoms with E-state index in [-0.39, 0.29) is 35.2 Å². The van der Waals surface area contributed by atoms with Crippen LogP contribution in [-0.4, -0.2) is 209 Å². The van der Waals surface area contributed by atoms with Crippen molar-refractivity contribution in [3.05, 3.63) is 166 Å². The van der Waals surface area contributed by atoms with Crippen molar-refractivity contribution in [1.82, 2.24) is 99.6 Å². The maximum Gasteiger partial charge on any atom is 0.231 e. The highest BCUT2D eigenvalue weighted by atomic mass is 16.5. The molecule has 8 saturated heterocycles. The van der Waals surface area contributed by atoms with E-state index in [4.69, 9.17) is 63.9 Å². The normalized spacial score (nSPS) is 21.0. The molecule has 8 fully saturated rings. The number of anilines is 8. The third-order valence-electron chi connectivity index (χ3n) is 27.9. The molecule has 32 nitrogen and oxygen atoms in total. The summed E-state index contributed by atoms with van der Waals surface area (Å²) >= 11 is 0. The molecular formula is C97H134N28O4. The van der Waals surface area contributed by atoms with E-state index in [1.165, 1.54) is 64.2 Å². The van der Waals surface area contributed by atoms with Crippen LogP contribution in [0, 0.1) is 10.8 Å². The Morgan fingerprint density at radius 2 is 0.783 bits per heavy atom. The van der Waals surface area contributed by atoms with Gasteiger partial charge in [0.2, 0.25) is 47.6 Å². The molecule has 8 aliphatic rings. The van der Waals surface area contributed by atoms with Crippen LogP contribution >= 0.6 is 0 Å². The van der Waals surface area contributed by atoms with E-state index in [1.807, 2.05) is 91.2 Å². The zero-order valence-electron chi connectivity index (χ0n) is 78.4. The van der Waals surface area contributed by atoms with Crippen LogP contribution in [0.4, 0.5) is 47.6 Å². The van der Waals surface area contributed by atoms with E-state index in [0.717, 1.165) is 230 Å². The summed E-state index contributed by atoms with van der Waals surface area (Å²) in [5.41, 5.74) is 13.5.